The normalized spacial score (nSPS) is 21.1. The first kappa shape index (κ1) is 11.4. The van der Waals surface area contributed by atoms with Gasteiger partial charge < -0.3 is 15.1 Å². The summed E-state index contributed by atoms with van der Waals surface area (Å²) in [5.74, 6) is 0. The summed E-state index contributed by atoms with van der Waals surface area (Å²) in [5.41, 5.74) is 2.02. The number of rotatable bonds is 3. The minimum atomic E-state index is 0.0603. The van der Waals surface area contributed by atoms with Crippen LogP contribution in [0.4, 0.5) is 5.69 Å². The lowest BCUT2D eigenvalue weighted by atomic mass is 10.0. The van der Waals surface area contributed by atoms with Crippen molar-refractivity contribution in [3.63, 3.8) is 0 Å². The zero-order valence-electron chi connectivity index (χ0n) is 9.47. The number of nitrogens with zero attached hydrogens (tertiary/aromatic N) is 1. The number of anilines is 1. The largest absolute Gasteiger partial charge is 0.394 e. The summed E-state index contributed by atoms with van der Waals surface area (Å²) in [5, 5.41) is 18.7. The standard InChI is InChI=1S/C13H19NO2/c15-9-11-5-1-2-7-13(11)14-8-4-3-6-12(14)10-16/h1-2,5,7,12,15-16H,3-4,6,8-10H2. The van der Waals surface area contributed by atoms with E-state index < -0.39 is 0 Å². The molecule has 0 aliphatic carbocycles. The second-order valence-corrected chi connectivity index (χ2v) is 4.31. The smallest absolute Gasteiger partial charge is 0.0702 e. The highest BCUT2D eigenvalue weighted by molar-refractivity contribution is 5.54. The number of benzene rings is 1. The maximum absolute atomic E-state index is 9.38. The molecule has 2 rings (SSSR count). The minimum Gasteiger partial charge on any atom is -0.394 e. The maximum atomic E-state index is 9.38. The van der Waals surface area contributed by atoms with Gasteiger partial charge in [0.1, 0.15) is 0 Å². The summed E-state index contributed by atoms with van der Waals surface area (Å²) in [4.78, 5) is 2.23. The molecule has 0 aromatic heterocycles. The third-order valence-corrected chi connectivity index (χ3v) is 3.31. The molecular weight excluding hydrogens is 202 g/mol. The van der Waals surface area contributed by atoms with Crippen molar-refractivity contribution in [1.29, 1.82) is 0 Å². The lowest BCUT2D eigenvalue weighted by Gasteiger charge is -2.37. The molecule has 1 heterocycles. The highest BCUT2D eigenvalue weighted by Gasteiger charge is 2.23. The van der Waals surface area contributed by atoms with Gasteiger partial charge in [0, 0.05) is 17.8 Å². The van der Waals surface area contributed by atoms with Gasteiger partial charge in [-0.25, -0.2) is 0 Å². The van der Waals surface area contributed by atoms with Crippen molar-refractivity contribution in [1.82, 2.24) is 0 Å². The summed E-state index contributed by atoms with van der Waals surface area (Å²) in [6, 6.07) is 8.10. The number of piperidine rings is 1. The van der Waals surface area contributed by atoms with Crippen molar-refractivity contribution in [3.05, 3.63) is 29.8 Å². The average Bonchev–Trinajstić information content (AvgIpc) is 2.38. The summed E-state index contributed by atoms with van der Waals surface area (Å²) in [6.45, 7) is 1.23. The molecule has 1 saturated heterocycles. The third kappa shape index (κ3) is 2.20. The van der Waals surface area contributed by atoms with E-state index in [9.17, 15) is 10.2 Å². The molecule has 2 N–H and O–H groups in total. The van der Waals surface area contributed by atoms with Gasteiger partial charge in [0.25, 0.3) is 0 Å². The highest BCUT2D eigenvalue weighted by atomic mass is 16.3. The van der Waals surface area contributed by atoms with E-state index in [1.807, 2.05) is 24.3 Å². The molecule has 1 aliphatic rings. The van der Waals surface area contributed by atoms with Crippen molar-refractivity contribution in [2.75, 3.05) is 18.1 Å². The van der Waals surface area contributed by atoms with Gasteiger partial charge in [-0.2, -0.15) is 0 Å². The molecule has 1 aromatic rings. The fourth-order valence-corrected chi connectivity index (χ4v) is 2.43. The molecular formula is C13H19NO2. The van der Waals surface area contributed by atoms with Gasteiger partial charge in [-0.3, -0.25) is 0 Å². The van der Waals surface area contributed by atoms with Crippen LogP contribution in [0.1, 0.15) is 24.8 Å². The minimum absolute atomic E-state index is 0.0603. The Balaban J connectivity index is 2.26. The van der Waals surface area contributed by atoms with Gasteiger partial charge in [-0.1, -0.05) is 18.2 Å². The van der Waals surface area contributed by atoms with E-state index >= 15 is 0 Å². The Labute approximate surface area is 96.3 Å². The number of para-hydroxylation sites is 1. The number of hydrogen-bond donors (Lipinski definition) is 2. The zero-order chi connectivity index (χ0) is 11.4. The fraction of sp³-hybridized carbons (Fsp3) is 0.538. The molecule has 88 valence electrons. The van der Waals surface area contributed by atoms with Gasteiger partial charge in [0.15, 0.2) is 0 Å². The van der Waals surface area contributed by atoms with Crippen molar-refractivity contribution < 1.29 is 10.2 Å². The van der Waals surface area contributed by atoms with Crippen LogP contribution >= 0.6 is 0 Å². The van der Waals surface area contributed by atoms with Crippen LogP contribution in [0.5, 0.6) is 0 Å². The lowest BCUT2D eigenvalue weighted by molar-refractivity contribution is 0.238. The maximum Gasteiger partial charge on any atom is 0.0702 e. The predicted molar refractivity (Wildman–Crippen MR) is 64.4 cm³/mol. The van der Waals surface area contributed by atoms with E-state index in [4.69, 9.17) is 0 Å². The van der Waals surface area contributed by atoms with E-state index in [0.717, 1.165) is 30.6 Å². The Morgan fingerprint density at radius 1 is 1.19 bits per heavy atom. The molecule has 0 radical (unpaired) electrons. The molecule has 1 aliphatic heterocycles. The second-order valence-electron chi connectivity index (χ2n) is 4.31. The van der Waals surface area contributed by atoms with E-state index in [1.165, 1.54) is 6.42 Å². The van der Waals surface area contributed by atoms with Gasteiger partial charge in [-0.15, -0.1) is 0 Å². The molecule has 1 atom stereocenters. The Bertz CT molecular complexity index is 340. The molecule has 0 amide bonds. The molecule has 3 heteroatoms. The summed E-state index contributed by atoms with van der Waals surface area (Å²) in [6.07, 6.45) is 3.38. The first-order valence-corrected chi connectivity index (χ1v) is 5.93. The number of hydrogen-bond acceptors (Lipinski definition) is 3. The van der Waals surface area contributed by atoms with Crippen LogP contribution in [0.15, 0.2) is 24.3 Å². The number of aliphatic hydroxyl groups excluding tert-OH is 2. The van der Waals surface area contributed by atoms with Crippen LogP contribution in [-0.4, -0.2) is 29.4 Å². The van der Waals surface area contributed by atoms with Crippen molar-refractivity contribution >= 4 is 5.69 Å². The molecule has 0 bridgehead atoms. The molecule has 1 fully saturated rings. The van der Waals surface area contributed by atoms with Crippen LogP contribution in [0.3, 0.4) is 0 Å². The number of aliphatic hydroxyl groups is 2. The van der Waals surface area contributed by atoms with Crippen molar-refractivity contribution in [2.24, 2.45) is 0 Å². The Hall–Kier alpha value is -1.06. The van der Waals surface area contributed by atoms with Crippen LogP contribution in [0, 0.1) is 0 Å². The zero-order valence-corrected chi connectivity index (χ0v) is 9.47. The molecule has 0 saturated carbocycles. The Kier molecular flexibility index (Phi) is 3.80. The predicted octanol–water partition coefficient (Wildman–Crippen LogP) is 1.53. The van der Waals surface area contributed by atoms with Gasteiger partial charge >= 0.3 is 0 Å². The van der Waals surface area contributed by atoms with Gasteiger partial charge in [-0.05, 0) is 25.3 Å². The average molecular weight is 221 g/mol. The Morgan fingerprint density at radius 3 is 2.75 bits per heavy atom. The van der Waals surface area contributed by atoms with E-state index in [1.54, 1.807) is 0 Å². The van der Waals surface area contributed by atoms with Crippen LogP contribution < -0.4 is 4.90 Å². The van der Waals surface area contributed by atoms with Crippen LogP contribution in [0.25, 0.3) is 0 Å². The van der Waals surface area contributed by atoms with Crippen LogP contribution in [0.2, 0.25) is 0 Å². The van der Waals surface area contributed by atoms with Gasteiger partial charge in [0.2, 0.25) is 0 Å². The first-order valence-electron chi connectivity index (χ1n) is 5.93. The molecule has 1 unspecified atom stereocenters. The lowest BCUT2D eigenvalue weighted by Crippen LogP contribution is -2.42. The monoisotopic (exact) mass is 221 g/mol. The Morgan fingerprint density at radius 2 is 2.00 bits per heavy atom. The SMILES string of the molecule is OCc1ccccc1N1CCCCC1CO. The second kappa shape index (κ2) is 5.32. The molecule has 1 aromatic carbocycles. The van der Waals surface area contributed by atoms with Gasteiger partial charge in [0.05, 0.1) is 19.3 Å². The van der Waals surface area contributed by atoms with E-state index in [2.05, 4.69) is 4.90 Å². The van der Waals surface area contributed by atoms with Crippen molar-refractivity contribution in [2.45, 2.75) is 31.9 Å². The highest BCUT2D eigenvalue weighted by Crippen LogP contribution is 2.27. The third-order valence-electron chi connectivity index (χ3n) is 3.31. The first-order chi connectivity index (χ1) is 7.86. The fourth-order valence-electron chi connectivity index (χ4n) is 2.43. The summed E-state index contributed by atoms with van der Waals surface area (Å²) >= 11 is 0. The quantitative estimate of drug-likeness (QED) is 0.813. The van der Waals surface area contributed by atoms with E-state index in [0.29, 0.717) is 0 Å². The topological polar surface area (TPSA) is 43.7 Å². The van der Waals surface area contributed by atoms with E-state index in [-0.39, 0.29) is 19.3 Å². The molecule has 0 spiro atoms. The molecule has 3 nitrogen and oxygen atoms in total. The summed E-state index contributed by atoms with van der Waals surface area (Å²) in [7, 11) is 0. The van der Waals surface area contributed by atoms with Crippen molar-refractivity contribution in [3.8, 4) is 0 Å². The summed E-state index contributed by atoms with van der Waals surface area (Å²) < 4.78 is 0. The molecule has 16 heavy (non-hydrogen) atoms. The van der Waals surface area contributed by atoms with Crippen LogP contribution in [-0.2, 0) is 6.61 Å².